The second-order valence-corrected chi connectivity index (χ2v) is 11.5. The van der Waals surface area contributed by atoms with E-state index in [9.17, 15) is 8.42 Å². The standard InChI is InChI=1S/C23H22Cl2N6O2S/c1-34(32,33)23(11-4-12-26-13-23)30-20-19-22(28-14-27-20)31(16-9-7-15(24)8-10-16)21(29-19)17-5-2-3-6-18(17)25/h2-3,5-10,14,26H,4,11-13H2,1H3,(H,27,28,30)/t23-/m0/s1. The van der Waals surface area contributed by atoms with Gasteiger partial charge in [0, 0.05) is 29.1 Å². The predicted octanol–water partition coefficient (Wildman–Crippen LogP) is 4.33. The summed E-state index contributed by atoms with van der Waals surface area (Å²) in [5, 5.41) is 7.53. The molecule has 1 aliphatic rings. The van der Waals surface area contributed by atoms with Crippen molar-refractivity contribution in [3.63, 3.8) is 0 Å². The van der Waals surface area contributed by atoms with Crippen LogP contribution in [0.1, 0.15) is 12.8 Å². The molecule has 0 radical (unpaired) electrons. The number of nitrogens with one attached hydrogen (secondary N) is 2. The Morgan fingerprint density at radius 2 is 1.85 bits per heavy atom. The number of benzene rings is 2. The lowest BCUT2D eigenvalue weighted by Crippen LogP contribution is -2.56. The van der Waals surface area contributed by atoms with Gasteiger partial charge in [0.2, 0.25) is 0 Å². The fourth-order valence-electron chi connectivity index (χ4n) is 4.25. The van der Waals surface area contributed by atoms with E-state index in [0.717, 1.165) is 18.7 Å². The van der Waals surface area contributed by atoms with E-state index >= 15 is 0 Å². The maximum Gasteiger partial charge on any atom is 0.172 e. The molecular weight excluding hydrogens is 495 g/mol. The minimum atomic E-state index is -3.48. The van der Waals surface area contributed by atoms with E-state index in [1.54, 1.807) is 18.2 Å². The van der Waals surface area contributed by atoms with E-state index in [1.807, 2.05) is 34.9 Å². The van der Waals surface area contributed by atoms with Crippen molar-refractivity contribution in [1.82, 2.24) is 24.8 Å². The van der Waals surface area contributed by atoms with Crippen LogP contribution < -0.4 is 10.6 Å². The number of fused-ring (bicyclic) bond motifs is 1. The van der Waals surface area contributed by atoms with Crippen molar-refractivity contribution in [2.75, 3.05) is 24.7 Å². The molecule has 1 fully saturated rings. The van der Waals surface area contributed by atoms with Crippen molar-refractivity contribution < 1.29 is 8.42 Å². The quantitative estimate of drug-likeness (QED) is 0.407. The Balaban J connectivity index is 1.75. The number of hydrogen-bond donors (Lipinski definition) is 2. The summed E-state index contributed by atoms with van der Waals surface area (Å²) < 4.78 is 27.5. The van der Waals surface area contributed by atoms with Gasteiger partial charge >= 0.3 is 0 Å². The van der Waals surface area contributed by atoms with E-state index in [-0.39, 0.29) is 6.54 Å². The molecule has 11 heteroatoms. The van der Waals surface area contributed by atoms with Gasteiger partial charge in [-0.2, -0.15) is 0 Å². The molecule has 0 bridgehead atoms. The number of hydrogen-bond acceptors (Lipinski definition) is 7. The maximum atomic E-state index is 12.8. The molecule has 0 unspecified atom stereocenters. The SMILES string of the molecule is CS(=O)(=O)[C@@]1(Nc2ncnc3c2nc(-c2ccccc2Cl)n3-c2ccc(Cl)cc2)CCCNC1. The largest absolute Gasteiger partial charge is 0.348 e. The normalized spacial score (nSPS) is 18.8. The van der Waals surface area contributed by atoms with E-state index in [4.69, 9.17) is 28.2 Å². The van der Waals surface area contributed by atoms with Crippen LogP contribution in [0.4, 0.5) is 5.82 Å². The number of anilines is 1. The average Bonchev–Trinajstić information content (AvgIpc) is 3.20. The summed E-state index contributed by atoms with van der Waals surface area (Å²) in [6, 6.07) is 14.7. The fraction of sp³-hybridized carbons (Fsp3) is 0.261. The summed E-state index contributed by atoms with van der Waals surface area (Å²) >= 11 is 12.7. The Morgan fingerprint density at radius 3 is 2.53 bits per heavy atom. The van der Waals surface area contributed by atoms with Crippen LogP contribution in [0, 0.1) is 0 Å². The Kier molecular flexibility index (Phi) is 5.97. The Labute approximate surface area is 207 Å². The van der Waals surface area contributed by atoms with Crippen molar-refractivity contribution in [3.8, 4) is 17.1 Å². The van der Waals surface area contributed by atoms with Crippen molar-refractivity contribution in [2.45, 2.75) is 17.7 Å². The van der Waals surface area contributed by atoms with E-state index in [0.29, 0.717) is 44.8 Å². The molecule has 4 aromatic rings. The van der Waals surface area contributed by atoms with E-state index in [1.165, 1.54) is 12.6 Å². The monoisotopic (exact) mass is 516 g/mol. The number of piperidine rings is 1. The molecule has 1 saturated heterocycles. The molecule has 176 valence electrons. The first kappa shape index (κ1) is 23.0. The first-order valence-electron chi connectivity index (χ1n) is 10.7. The highest BCUT2D eigenvalue weighted by atomic mass is 35.5. The van der Waals surface area contributed by atoms with Gasteiger partial charge in [-0.05, 0) is 55.8 Å². The number of aromatic nitrogens is 4. The summed E-state index contributed by atoms with van der Waals surface area (Å²) in [6.07, 6.45) is 3.83. The molecule has 5 rings (SSSR count). The van der Waals surface area contributed by atoms with Crippen LogP contribution in [0.3, 0.4) is 0 Å². The smallest absolute Gasteiger partial charge is 0.172 e. The zero-order valence-electron chi connectivity index (χ0n) is 18.3. The third-order valence-electron chi connectivity index (χ3n) is 6.04. The molecule has 2 aromatic carbocycles. The van der Waals surface area contributed by atoms with Gasteiger partial charge in [0.05, 0.1) is 5.02 Å². The summed E-state index contributed by atoms with van der Waals surface area (Å²) in [6.45, 7) is 1.03. The predicted molar refractivity (Wildman–Crippen MR) is 135 cm³/mol. The molecule has 0 amide bonds. The molecule has 1 aliphatic heterocycles. The third-order valence-corrected chi connectivity index (χ3v) is 8.50. The zero-order valence-corrected chi connectivity index (χ0v) is 20.6. The fourth-order valence-corrected chi connectivity index (χ4v) is 5.76. The minimum absolute atomic E-state index is 0.270. The van der Waals surface area contributed by atoms with Crippen molar-refractivity contribution in [1.29, 1.82) is 0 Å². The maximum absolute atomic E-state index is 12.8. The van der Waals surface area contributed by atoms with Gasteiger partial charge in [0.15, 0.2) is 31.7 Å². The van der Waals surface area contributed by atoms with Gasteiger partial charge in [-0.1, -0.05) is 35.3 Å². The van der Waals surface area contributed by atoms with Crippen molar-refractivity contribution in [2.24, 2.45) is 0 Å². The van der Waals surface area contributed by atoms with Crippen LogP contribution in [0.2, 0.25) is 10.0 Å². The van der Waals surface area contributed by atoms with Crippen LogP contribution in [-0.2, 0) is 9.84 Å². The lowest BCUT2D eigenvalue weighted by atomic mass is 10.1. The average molecular weight is 517 g/mol. The molecule has 0 aliphatic carbocycles. The van der Waals surface area contributed by atoms with Crippen molar-refractivity contribution >= 4 is 50.0 Å². The first-order valence-corrected chi connectivity index (χ1v) is 13.4. The lowest BCUT2D eigenvalue weighted by molar-refractivity contribution is 0.421. The highest BCUT2D eigenvalue weighted by Gasteiger charge is 2.43. The molecule has 8 nitrogen and oxygen atoms in total. The van der Waals surface area contributed by atoms with Crippen molar-refractivity contribution in [3.05, 3.63) is 64.9 Å². The summed E-state index contributed by atoms with van der Waals surface area (Å²) in [7, 11) is -3.48. The lowest BCUT2D eigenvalue weighted by Gasteiger charge is -2.37. The van der Waals surface area contributed by atoms with E-state index < -0.39 is 14.7 Å². The molecule has 0 saturated carbocycles. The molecule has 1 atom stereocenters. The van der Waals surface area contributed by atoms with Gasteiger partial charge in [-0.15, -0.1) is 0 Å². The van der Waals surface area contributed by atoms with Gasteiger partial charge in [0.1, 0.15) is 12.2 Å². The minimum Gasteiger partial charge on any atom is -0.348 e. The third kappa shape index (κ3) is 4.02. The molecule has 34 heavy (non-hydrogen) atoms. The van der Waals surface area contributed by atoms with Crippen LogP contribution >= 0.6 is 23.2 Å². The van der Waals surface area contributed by atoms with Crippen LogP contribution in [-0.4, -0.2) is 52.2 Å². The Morgan fingerprint density at radius 1 is 1.09 bits per heavy atom. The second-order valence-electron chi connectivity index (χ2n) is 8.29. The number of imidazole rings is 1. The molecule has 2 aromatic heterocycles. The van der Waals surface area contributed by atoms with Gasteiger partial charge in [-0.25, -0.2) is 23.4 Å². The molecule has 0 spiro atoms. The topological polar surface area (TPSA) is 102 Å². The Bertz CT molecular complexity index is 1460. The number of nitrogens with zero attached hydrogens (tertiary/aromatic N) is 4. The van der Waals surface area contributed by atoms with Gasteiger partial charge in [0.25, 0.3) is 0 Å². The number of sulfone groups is 1. The zero-order chi connectivity index (χ0) is 23.9. The number of rotatable bonds is 5. The van der Waals surface area contributed by atoms with Crippen LogP contribution in [0.15, 0.2) is 54.9 Å². The summed E-state index contributed by atoms with van der Waals surface area (Å²) in [5.74, 6) is 0.904. The molecular formula is C23H22Cl2N6O2S. The highest BCUT2D eigenvalue weighted by molar-refractivity contribution is 7.92. The van der Waals surface area contributed by atoms with Gasteiger partial charge in [-0.3, -0.25) is 4.57 Å². The first-order chi connectivity index (χ1) is 16.3. The Hall–Kier alpha value is -2.72. The second kappa shape index (κ2) is 8.81. The number of halogens is 2. The van der Waals surface area contributed by atoms with Crippen LogP contribution in [0.5, 0.6) is 0 Å². The highest BCUT2D eigenvalue weighted by Crippen LogP contribution is 2.35. The van der Waals surface area contributed by atoms with E-state index in [2.05, 4.69) is 20.6 Å². The molecule has 2 N–H and O–H groups in total. The summed E-state index contributed by atoms with van der Waals surface area (Å²) in [5.41, 5.74) is 2.45. The molecule has 3 heterocycles. The van der Waals surface area contributed by atoms with Crippen LogP contribution in [0.25, 0.3) is 28.2 Å². The summed E-state index contributed by atoms with van der Waals surface area (Å²) in [4.78, 5) is 12.6. The van der Waals surface area contributed by atoms with Gasteiger partial charge < -0.3 is 10.6 Å².